The van der Waals surface area contributed by atoms with Crippen molar-refractivity contribution < 1.29 is 0 Å². The highest BCUT2D eigenvalue weighted by Crippen LogP contribution is 2.50. The van der Waals surface area contributed by atoms with Crippen LogP contribution in [0, 0.1) is 0 Å². The van der Waals surface area contributed by atoms with E-state index in [0.29, 0.717) is 0 Å². The first-order chi connectivity index (χ1) is 68.5. The van der Waals surface area contributed by atoms with Crippen LogP contribution in [0.1, 0.15) is 0 Å². The molecule has 0 atom stereocenters. The number of nitrogens with zero attached hydrogens (tertiary/aromatic N) is 6. The van der Waals surface area contributed by atoms with Crippen LogP contribution in [0.25, 0.3) is 180 Å². The van der Waals surface area contributed by atoms with E-state index in [0.717, 1.165) is 62.6 Å². The molecule has 0 N–H and O–H groups in total. The summed E-state index contributed by atoms with van der Waals surface area (Å²) in [6.07, 6.45) is 0. The number of anilines is 9. The van der Waals surface area contributed by atoms with Gasteiger partial charge in [-0.3, -0.25) is 0 Å². The summed E-state index contributed by atoms with van der Waals surface area (Å²) in [4.78, 5) is 7.13. The van der Waals surface area contributed by atoms with E-state index in [1.54, 1.807) is 0 Å². The van der Waals surface area contributed by atoms with Gasteiger partial charge in [-0.25, -0.2) is 0 Å². The van der Waals surface area contributed by atoms with E-state index in [4.69, 9.17) is 0 Å². The SMILES string of the molecule is c1ccc(N(c2ccc(-c3ccc4ccccc4c3)cc2)c2cc3c4ccccc4n(-c4ccccc4)c3c3ccccc23)cc1.c1ccc(N(c2ccc(-c3ccc4ccccc4c3)cc2)c2ccc3c(ccc4c5ccccc5n(-c5ccccc5)c34)c2)cc1.c1ccc(N(c2ccc(-c3ccc4ccccc4c3)cc2)c2cccc3c2ccc2c4ccccc4n(-c4ccccc4)c32)cc1. The van der Waals surface area contributed by atoms with Crippen molar-refractivity contribution in [3.05, 3.63) is 546 Å². The van der Waals surface area contributed by atoms with E-state index in [1.807, 2.05) is 0 Å². The maximum atomic E-state index is 2.42. The molecule has 3 aromatic heterocycles. The third kappa shape index (κ3) is 14.8. The van der Waals surface area contributed by atoms with Crippen molar-refractivity contribution in [2.45, 2.75) is 0 Å². The lowest BCUT2D eigenvalue weighted by Gasteiger charge is -2.27. The van der Waals surface area contributed by atoms with E-state index in [-0.39, 0.29) is 0 Å². The molecule has 0 aliphatic rings. The van der Waals surface area contributed by atoms with Crippen molar-refractivity contribution in [3.8, 4) is 50.4 Å². The Labute approximate surface area is 800 Å². The van der Waals surface area contributed by atoms with Gasteiger partial charge in [0.05, 0.1) is 44.5 Å². The first kappa shape index (κ1) is 81.6. The summed E-state index contributed by atoms with van der Waals surface area (Å²) in [7, 11) is 0. The van der Waals surface area contributed by atoms with Gasteiger partial charge in [0.25, 0.3) is 0 Å². The highest BCUT2D eigenvalue weighted by atomic mass is 15.2. The number of benzene rings is 24. The van der Waals surface area contributed by atoms with Crippen LogP contribution in [-0.4, -0.2) is 13.7 Å². The zero-order valence-electron chi connectivity index (χ0n) is 75.6. The predicted molar refractivity (Wildman–Crippen MR) is 588 cm³/mol. The normalized spacial score (nSPS) is 11.5. The molecule has 0 aliphatic heterocycles. The molecule has 0 unspecified atom stereocenters. The average molecular weight is 1760 g/mol. The lowest BCUT2D eigenvalue weighted by molar-refractivity contribution is 1.19. The second-order valence-corrected chi connectivity index (χ2v) is 35.4. The standard InChI is InChI=1S/3C44H30N2/c1-3-15-35(16-4-1)45(37-27-25-32(26-28-37)34-24-23-31-13-7-8-14-33(31)29-34)43-30-41-39-20-11-12-22-42(39)46(36-17-5-2-6-18-36)44(41)40-21-10-9-19-38(40)43;1-3-14-35(15-4-1)45(37-26-24-32(25-27-37)34-23-22-31-12-7-8-13-33(31)30-34)42-21-11-19-40-39(42)28-29-41-38-18-9-10-20-43(38)46(44(40)41)36-16-5-2-6-17-36;1-3-13-36(14-4-1)45(38-24-21-32(22-25-38)34-20-19-31-11-7-8-12-33(31)29-34)39-26-28-40-35(30-39)23-27-42-41-17-9-10-18-43(41)46(44(40)42)37-15-5-2-6-16-37/h3*1-30H. The first-order valence-corrected chi connectivity index (χ1v) is 47.3. The third-order valence-corrected chi connectivity index (χ3v) is 27.4. The number of aromatic nitrogens is 3. The van der Waals surface area contributed by atoms with Crippen LogP contribution in [0.3, 0.4) is 0 Å². The highest BCUT2D eigenvalue weighted by molar-refractivity contribution is 6.24. The molecule has 0 bridgehead atoms. The summed E-state index contributed by atoms with van der Waals surface area (Å²) in [6, 6.07) is 197. The summed E-state index contributed by atoms with van der Waals surface area (Å²) in [5, 5.41) is 22.4. The molecular weight excluding hydrogens is 1670 g/mol. The summed E-state index contributed by atoms with van der Waals surface area (Å²) < 4.78 is 7.25. The molecule has 0 saturated carbocycles. The van der Waals surface area contributed by atoms with Gasteiger partial charge in [-0.1, -0.05) is 376 Å². The maximum Gasteiger partial charge on any atom is 0.0621 e. The fourth-order valence-electron chi connectivity index (χ4n) is 21.0. The van der Waals surface area contributed by atoms with E-state index < -0.39 is 0 Å². The zero-order chi connectivity index (χ0) is 91.4. The molecule has 0 saturated heterocycles. The minimum Gasteiger partial charge on any atom is -0.310 e. The lowest BCUT2D eigenvalue weighted by atomic mass is 10.00. The molecule has 138 heavy (non-hydrogen) atoms. The average Bonchev–Trinajstić information content (AvgIpc) is 1.56. The zero-order valence-corrected chi connectivity index (χ0v) is 75.6. The first-order valence-electron chi connectivity index (χ1n) is 47.3. The number of rotatable bonds is 15. The van der Waals surface area contributed by atoms with Gasteiger partial charge in [0.1, 0.15) is 0 Å². The maximum absolute atomic E-state index is 2.42. The Morgan fingerprint density at radius 3 is 0.812 bits per heavy atom. The number of fused-ring (bicyclic) bond motifs is 18. The minimum atomic E-state index is 1.12. The Hall–Kier alpha value is -18.4. The Morgan fingerprint density at radius 1 is 0.123 bits per heavy atom. The van der Waals surface area contributed by atoms with Crippen LogP contribution in [0.4, 0.5) is 51.2 Å². The van der Waals surface area contributed by atoms with Crippen molar-refractivity contribution in [2.75, 3.05) is 14.7 Å². The molecule has 3 heterocycles. The molecular formula is C132H90N6. The quantitative estimate of drug-likeness (QED) is 0.102. The molecule has 6 heteroatoms. The molecule has 0 radical (unpaired) electrons. The number of hydrogen-bond donors (Lipinski definition) is 0. The molecule has 0 amide bonds. The molecule has 24 aromatic carbocycles. The van der Waals surface area contributed by atoms with Crippen molar-refractivity contribution in [1.82, 2.24) is 13.7 Å². The second-order valence-electron chi connectivity index (χ2n) is 35.4. The topological polar surface area (TPSA) is 24.5 Å². The Morgan fingerprint density at radius 2 is 0.384 bits per heavy atom. The third-order valence-electron chi connectivity index (χ3n) is 27.4. The van der Waals surface area contributed by atoms with Crippen molar-refractivity contribution in [3.63, 3.8) is 0 Å². The Kier molecular flexibility index (Phi) is 20.9. The monoisotopic (exact) mass is 1760 g/mol. The van der Waals surface area contributed by atoms with Crippen LogP contribution in [0.5, 0.6) is 0 Å². The van der Waals surface area contributed by atoms with Gasteiger partial charge in [0.2, 0.25) is 0 Å². The van der Waals surface area contributed by atoms with Gasteiger partial charge in [0.15, 0.2) is 0 Å². The molecule has 6 nitrogen and oxygen atoms in total. The van der Waals surface area contributed by atoms with E-state index >= 15 is 0 Å². The van der Waals surface area contributed by atoms with Gasteiger partial charge in [-0.2, -0.15) is 0 Å². The minimum absolute atomic E-state index is 1.12. The summed E-state index contributed by atoms with van der Waals surface area (Å²) in [6.45, 7) is 0. The fourth-order valence-corrected chi connectivity index (χ4v) is 21.0. The van der Waals surface area contributed by atoms with Gasteiger partial charge in [-0.05, 0) is 241 Å². The summed E-state index contributed by atoms with van der Waals surface area (Å²) in [5.41, 5.74) is 28.3. The second kappa shape index (κ2) is 35.3. The predicted octanol–water partition coefficient (Wildman–Crippen LogP) is 36.7. The van der Waals surface area contributed by atoms with Crippen molar-refractivity contribution >= 4 is 181 Å². The molecule has 0 spiro atoms. The number of hydrogen-bond acceptors (Lipinski definition) is 3. The molecule has 27 aromatic rings. The van der Waals surface area contributed by atoms with E-state index in [2.05, 4.69) is 574 Å². The van der Waals surface area contributed by atoms with Gasteiger partial charge in [0, 0.05) is 116 Å². The fraction of sp³-hybridized carbons (Fsp3) is 0. The summed E-state index contributed by atoms with van der Waals surface area (Å²) >= 11 is 0. The van der Waals surface area contributed by atoms with Crippen LogP contribution in [-0.2, 0) is 0 Å². The van der Waals surface area contributed by atoms with Crippen LogP contribution < -0.4 is 14.7 Å². The molecule has 0 aliphatic carbocycles. The van der Waals surface area contributed by atoms with Crippen molar-refractivity contribution in [1.29, 1.82) is 0 Å². The van der Waals surface area contributed by atoms with Crippen LogP contribution in [0.2, 0.25) is 0 Å². The van der Waals surface area contributed by atoms with Crippen LogP contribution in [0.15, 0.2) is 546 Å². The van der Waals surface area contributed by atoms with Crippen LogP contribution >= 0.6 is 0 Å². The van der Waals surface area contributed by atoms with Gasteiger partial charge < -0.3 is 28.4 Å². The van der Waals surface area contributed by atoms with Gasteiger partial charge in [-0.15, -0.1) is 0 Å². The smallest absolute Gasteiger partial charge is 0.0621 e. The molecule has 648 valence electrons. The lowest BCUT2D eigenvalue weighted by Crippen LogP contribution is -2.10. The molecule has 27 rings (SSSR count). The highest BCUT2D eigenvalue weighted by Gasteiger charge is 2.26. The Bertz CT molecular complexity index is 9180. The Balaban J connectivity index is 0.000000110. The van der Waals surface area contributed by atoms with Crippen molar-refractivity contribution in [2.24, 2.45) is 0 Å². The van der Waals surface area contributed by atoms with Gasteiger partial charge >= 0.3 is 0 Å². The summed E-state index contributed by atoms with van der Waals surface area (Å²) in [5.74, 6) is 0. The largest absolute Gasteiger partial charge is 0.310 e. The van der Waals surface area contributed by atoms with E-state index in [9.17, 15) is 0 Å². The van der Waals surface area contributed by atoms with E-state index in [1.165, 1.54) is 169 Å². The number of para-hydroxylation sites is 9. The molecule has 0 fully saturated rings.